The number of nitrogens with zero attached hydrogens (tertiary/aromatic N) is 3. The second kappa shape index (κ2) is 8.68. The predicted molar refractivity (Wildman–Crippen MR) is 124 cm³/mol. The lowest BCUT2D eigenvalue weighted by atomic mass is 9.82. The fourth-order valence-corrected chi connectivity index (χ4v) is 5.19. The molecular weight excluding hydrogens is 410 g/mol. The van der Waals surface area contributed by atoms with E-state index in [0.717, 1.165) is 23.1 Å². The molecule has 2 aromatic heterocycles. The minimum atomic E-state index is -0.231. The number of morpholine rings is 1. The van der Waals surface area contributed by atoms with Gasteiger partial charge in [-0.15, -0.1) is 11.3 Å². The van der Waals surface area contributed by atoms with Crippen LogP contribution in [0, 0.1) is 0 Å². The van der Waals surface area contributed by atoms with Gasteiger partial charge in [-0.25, -0.2) is 9.97 Å². The number of nitrogens with one attached hydrogen (secondary N) is 2. The van der Waals surface area contributed by atoms with E-state index >= 15 is 0 Å². The lowest BCUT2D eigenvalue weighted by Crippen LogP contribution is -2.54. The zero-order valence-corrected chi connectivity index (χ0v) is 19.5. The average Bonchev–Trinajstić information content (AvgIpc) is 3.19. The smallest absolute Gasteiger partial charge is 0.226 e. The number of aromatic nitrogens is 2. The summed E-state index contributed by atoms with van der Waals surface area (Å²) in [6.45, 7) is 10.3. The van der Waals surface area contributed by atoms with Gasteiger partial charge < -0.3 is 20.3 Å². The van der Waals surface area contributed by atoms with Crippen LogP contribution in [0.25, 0.3) is 0 Å². The number of carbonyl (C=O) groups excluding carboxylic acids is 1. The molecule has 1 amide bonds. The Hall–Kier alpha value is -2.29. The van der Waals surface area contributed by atoms with Crippen molar-refractivity contribution >= 4 is 28.2 Å². The van der Waals surface area contributed by atoms with Gasteiger partial charge in [-0.05, 0) is 46.2 Å². The minimum absolute atomic E-state index is 0.0177. The molecule has 2 aromatic rings. The lowest BCUT2D eigenvalue weighted by molar-refractivity contribution is -0.138. The van der Waals surface area contributed by atoms with Crippen LogP contribution in [0.4, 0.5) is 10.9 Å². The molecule has 4 rings (SSSR count). The summed E-state index contributed by atoms with van der Waals surface area (Å²) >= 11 is 1.52. The van der Waals surface area contributed by atoms with Crippen molar-refractivity contribution in [3.63, 3.8) is 0 Å². The first kappa shape index (κ1) is 21.9. The van der Waals surface area contributed by atoms with Crippen molar-refractivity contribution in [1.82, 2.24) is 20.2 Å². The molecule has 8 heteroatoms. The van der Waals surface area contributed by atoms with Crippen LogP contribution in [0.2, 0.25) is 0 Å². The van der Waals surface area contributed by atoms with Crippen LogP contribution >= 0.6 is 11.3 Å². The van der Waals surface area contributed by atoms with E-state index in [-0.39, 0.29) is 23.1 Å². The lowest BCUT2D eigenvalue weighted by Gasteiger charge is -2.41. The Balaban J connectivity index is 1.42. The zero-order valence-electron chi connectivity index (χ0n) is 18.6. The third kappa shape index (κ3) is 5.70. The molecular formula is C23H31N5O2S. The molecule has 31 heavy (non-hydrogen) atoms. The molecule has 2 N–H and O–H groups in total. The van der Waals surface area contributed by atoms with Crippen molar-refractivity contribution in [2.75, 3.05) is 25.0 Å². The Morgan fingerprint density at radius 2 is 2.19 bits per heavy atom. The van der Waals surface area contributed by atoms with Crippen molar-refractivity contribution in [2.24, 2.45) is 0 Å². The Labute approximate surface area is 187 Å². The van der Waals surface area contributed by atoms with Crippen LogP contribution in [-0.2, 0) is 9.53 Å². The summed E-state index contributed by atoms with van der Waals surface area (Å²) in [5.41, 5.74) is 1.90. The molecule has 166 valence electrons. The van der Waals surface area contributed by atoms with Crippen molar-refractivity contribution < 1.29 is 9.53 Å². The maximum Gasteiger partial charge on any atom is 0.226 e. The second-order valence-corrected chi connectivity index (χ2v) is 10.4. The predicted octanol–water partition coefficient (Wildman–Crippen LogP) is 4.05. The van der Waals surface area contributed by atoms with Crippen molar-refractivity contribution in [3.8, 4) is 0 Å². The van der Waals surface area contributed by atoms with E-state index < -0.39 is 0 Å². The Morgan fingerprint density at radius 3 is 2.94 bits per heavy atom. The van der Waals surface area contributed by atoms with Crippen molar-refractivity contribution in [1.29, 1.82) is 0 Å². The first-order valence-corrected chi connectivity index (χ1v) is 11.6. The van der Waals surface area contributed by atoms with E-state index in [1.54, 1.807) is 6.20 Å². The van der Waals surface area contributed by atoms with Crippen molar-refractivity contribution in [2.45, 2.75) is 57.7 Å². The highest BCUT2D eigenvalue weighted by atomic mass is 32.1. The third-order valence-corrected chi connectivity index (χ3v) is 6.15. The van der Waals surface area contributed by atoms with Gasteiger partial charge in [0.15, 0.2) is 5.13 Å². The van der Waals surface area contributed by atoms with E-state index in [1.807, 2.05) is 28.5 Å². The second-order valence-electron chi connectivity index (χ2n) is 9.50. The van der Waals surface area contributed by atoms with Crippen LogP contribution in [0.1, 0.15) is 52.3 Å². The molecule has 0 spiro atoms. The summed E-state index contributed by atoms with van der Waals surface area (Å²) < 4.78 is 5.97. The van der Waals surface area contributed by atoms with Gasteiger partial charge in [-0.1, -0.05) is 17.7 Å². The summed E-state index contributed by atoms with van der Waals surface area (Å²) in [6, 6.07) is 5.81. The highest BCUT2D eigenvalue weighted by Gasteiger charge is 2.34. The van der Waals surface area contributed by atoms with Gasteiger partial charge >= 0.3 is 0 Å². The standard InChI is InChI=1S/C23H31N5O2S/c1-22(2)13-16(14-23(3,4)27-22)12-20(29)28-9-10-30-18(15-28)17-6-5-7-19(25-17)26-21-24-8-11-31-21/h5-8,11,13,18,27H,9-10,12,14-15H2,1-4H3,(H,24,25,26). The van der Waals surface area contributed by atoms with E-state index in [2.05, 4.69) is 49.4 Å². The number of ether oxygens (including phenoxy) is 1. The van der Waals surface area contributed by atoms with Crippen molar-refractivity contribution in [3.05, 3.63) is 47.1 Å². The largest absolute Gasteiger partial charge is 0.368 e. The summed E-state index contributed by atoms with van der Waals surface area (Å²) in [4.78, 5) is 24.0. The zero-order chi connectivity index (χ0) is 22.1. The summed E-state index contributed by atoms with van der Waals surface area (Å²) in [7, 11) is 0. The number of amides is 1. The number of carbonyl (C=O) groups is 1. The Bertz CT molecular complexity index is 955. The Morgan fingerprint density at radius 1 is 1.35 bits per heavy atom. The number of hydrogen-bond donors (Lipinski definition) is 2. The van der Waals surface area contributed by atoms with Crippen LogP contribution in [-0.4, -0.2) is 51.5 Å². The van der Waals surface area contributed by atoms with Gasteiger partial charge in [-0.3, -0.25) is 4.79 Å². The number of thiazole rings is 1. The quantitative estimate of drug-likeness (QED) is 0.682. The van der Waals surface area contributed by atoms with Crippen LogP contribution in [0.5, 0.6) is 0 Å². The van der Waals surface area contributed by atoms with Gasteiger partial charge in [0.25, 0.3) is 0 Å². The SMILES string of the molecule is CC1(C)C=C(CC(=O)N2CCOC(c3cccc(Nc4nccs4)n3)C2)CC(C)(C)N1. The van der Waals surface area contributed by atoms with Crippen LogP contribution in [0.15, 0.2) is 41.4 Å². The molecule has 1 unspecified atom stereocenters. The highest BCUT2D eigenvalue weighted by molar-refractivity contribution is 7.13. The normalized spacial score (nSPS) is 22.6. The molecule has 4 heterocycles. The van der Waals surface area contributed by atoms with Gasteiger partial charge in [0.05, 0.1) is 18.8 Å². The molecule has 2 aliphatic heterocycles. The number of hydrogen-bond acceptors (Lipinski definition) is 7. The number of pyridine rings is 1. The third-order valence-electron chi connectivity index (χ3n) is 5.46. The maximum absolute atomic E-state index is 13.1. The topological polar surface area (TPSA) is 79.4 Å². The van der Waals surface area contributed by atoms with E-state index in [4.69, 9.17) is 9.72 Å². The van der Waals surface area contributed by atoms with Crippen LogP contribution < -0.4 is 10.6 Å². The van der Waals surface area contributed by atoms with E-state index in [1.165, 1.54) is 16.9 Å². The molecule has 7 nitrogen and oxygen atoms in total. The molecule has 0 aromatic carbocycles. The summed E-state index contributed by atoms with van der Waals surface area (Å²) in [5, 5.41) is 9.55. The monoisotopic (exact) mass is 441 g/mol. The fraction of sp³-hybridized carbons (Fsp3) is 0.522. The van der Waals surface area contributed by atoms with Gasteiger partial charge in [-0.2, -0.15) is 0 Å². The number of rotatable bonds is 5. The first-order valence-electron chi connectivity index (χ1n) is 10.7. The number of anilines is 2. The van der Waals surface area contributed by atoms with E-state index in [9.17, 15) is 4.79 Å². The molecule has 0 aliphatic carbocycles. The highest BCUT2D eigenvalue weighted by Crippen LogP contribution is 2.30. The van der Waals surface area contributed by atoms with Gasteiger partial charge in [0.1, 0.15) is 11.9 Å². The molecule has 1 fully saturated rings. The summed E-state index contributed by atoms with van der Waals surface area (Å²) in [6.07, 6.45) is 5.07. The molecule has 0 saturated carbocycles. The first-order chi connectivity index (χ1) is 14.7. The fourth-order valence-electron chi connectivity index (χ4n) is 4.65. The van der Waals surface area contributed by atoms with Gasteiger partial charge in [0.2, 0.25) is 5.91 Å². The molecule has 0 bridgehead atoms. The molecule has 1 saturated heterocycles. The molecule has 1 atom stereocenters. The molecule has 2 aliphatic rings. The van der Waals surface area contributed by atoms with E-state index in [0.29, 0.717) is 26.1 Å². The molecule has 0 radical (unpaired) electrons. The maximum atomic E-state index is 13.1. The summed E-state index contributed by atoms with van der Waals surface area (Å²) in [5.74, 6) is 0.883. The average molecular weight is 442 g/mol. The minimum Gasteiger partial charge on any atom is -0.368 e. The van der Waals surface area contributed by atoms with Gasteiger partial charge in [0, 0.05) is 35.6 Å². The van der Waals surface area contributed by atoms with Crippen LogP contribution in [0.3, 0.4) is 0 Å². The Kier molecular flexibility index (Phi) is 6.14.